The molecule has 7 heteroatoms. The third kappa shape index (κ3) is 5.47. The minimum atomic E-state index is -0.209. The van der Waals surface area contributed by atoms with Gasteiger partial charge in [-0.1, -0.05) is 23.7 Å². The average molecular weight is 379 g/mol. The Labute approximate surface area is 156 Å². The Kier molecular flexibility index (Phi) is 6.30. The summed E-state index contributed by atoms with van der Waals surface area (Å²) in [6, 6.07) is 14.9. The second-order valence-electron chi connectivity index (χ2n) is 5.44. The first-order valence-corrected chi connectivity index (χ1v) is 9.35. The van der Waals surface area contributed by atoms with Crippen molar-refractivity contribution in [3.05, 3.63) is 53.6 Å². The largest absolute Gasteiger partial charge is 0.486 e. The van der Waals surface area contributed by atoms with Gasteiger partial charge in [0.25, 0.3) is 0 Å². The van der Waals surface area contributed by atoms with Gasteiger partial charge in [0.2, 0.25) is 0 Å². The van der Waals surface area contributed by atoms with Crippen LogP contribution in [0.15, 0.2) is 53.4 Å². The quantitative estimate of drug-likeness (QED) is 0.596. The van der Waals surface area contributed by atoms with Crippen molar-refractivity contribution in [2.24, 2.45) is 0 Å². The molecule has 2 aromatic carbocycles. The van der Waals surface area contributed by atoms with Gasteiger partial charge in [0.05, 0.1) is 6.54 Å². The van der Waals surface area contributed by atoms with E-state index >= 15 is 0 Å². The van der Waals surface area contributed by atoms with Crippen LogP contribution < -0.4 is 20.1 Å². The van der Waals surface area contributed by atoms with Crippen LogP contribution in [0, 0.1) is 0 Å². The first-order valence-electron chi connectivity index (χ1n) is 7.99. The lowest BCUT2D eigenvalue weighted by Crippen LogP contribution is -2.44. The van der Waals surface area contributed by atoms with Gasteiger partial charge in [-0.25, -0.2) is 4.79 Å². The molecule has 0 saturated carbocycles. The van der Waals surface area contributed by atoms with Crippen molar-refractivity contribution in [3.63, 3.8) is 0 Å². The molecule has 1 heterocycles. The molecule has 25 heavy (non-hydrogen) atoms. The molecule has 0 fully saturated rings. The van der Waals surface area contributed by atoms with E-state index in [0.29, 0.717) is 25.4 Å². The summed E-state index contributed by atoms with van der Waals surface area (Å²) in [5.41, 5.74) is 0. The normalized spacial score (nSPS) is 15.5. The van der Waals surface area contributed by atoms with Gasteiger partial charge in [-0.05, 0) is 36.4 Å². The molecule has 0 bridgehead atoms. The van der Waals surface area contributed by atoms with E-state index < -0.39 is 0 Å². The highest BCUT2D eigenvalue weighted by atomic mass is 35.5. The van der Waals surface area contributed by atoms with Crippen molar-refractivity contribution in [2.45, 2.75) is 11.0 Å². The fourth-order valence-corrected chi connectivity index (χ4v) is 3.19. The Morgan fingerprint density at radius 1 is 1.12 bits per heavy atom. The number of carbonyl (C=O) groups is 1. The van der Waals surface area contributed by atoms with Crippen LogP contribution in [0.1, 0.15) is 0 Å². The van der Waals surface area contributed by atoms with E-state index in [-0.39, 0.29) is 12.1 Å². The lowest BCUT2D eigenvalue weighted by atomic mass is 10.2. The number of fused-ring (bicyclic) bond motifs is 1. The number of para-hydroxylation sites is 2. The van der Waals surface area contributed by atoms with Crippen molar-refractivity contribution in [1.82, 2.24) is 10.6 Å². The highest BCUT2D eigenvalue weighted by Crippen LogP contribution is 2.30. The molecule has 3 rings (SSSR count). The van der Waals surface area contributed by atoms with Crippen LogP contribution in [-0.4, -0.2) is 37.6 Å². The van der Waals surface area contributed by atoms with E-state index in [9.17, 15) is 4.79 Å². The van der Waals surface area contributed by atoms with E-state index in [4.69, 9.17) is 21.1 Å². The Hall–Kier alpha value is -2.05. The summed E-state index contributed by atoms with van der Waals surface area (Å²) in [5, 5.41) is 6.36. The number of hydrogen-bond acceptors (Lipinski definition) is 4. The van der Waals surface area contributed by atoms with Crippen molar-refractivity contribution >= 4 is 29.4 Å². The Morgan fingerprint density at radius 2 is 1.88 bits per heavy atom. The predicted octanol–water partition coefficient (Wildman–Crippen LogP) is 3.57. The van der Waals surface area contributed by atoms with E-state index in [2.05, 4.69) is 10.6 Å². The van der Waals surface area contributed by atoms with Crippen LogP contribution in [0.3, 0.4) is 0 Å². The number of hydrogen-bond donors (Lipinski definition) is 2. The summed E-state index contributed by atoms with van der Waals surface area (Å²) in [5.74, 6) is 2.23. The first-order chi connectivity index (χ1) is 12.2. The maximum absolute atomic E-state index is 11.8. The highest BCUT2D eigenvalue weighted by molar-refractivity contribution is 7.99. The molecule has 1 aliphatic rings. The molecule has 0 aromatic heterocycles. The lowest BCUT2D eigenvalue weighted by molar-refractivity contribution is 0.0918. The number of thioether (sulfide) groups is 1. The number of halogens is 1. The number of ether oxygens (including phenoxy) is 2. The zero-order valence-corrected chi connectivity index (χ0v) is 15.1. The van der Waals surface area contributed by atoms with E-state index in [1.165, 1.54) is 0 Å². The van der Waals surface area contributed by atoms with Crippen LogP contribution in [0.5, 0.6) is 11.5 Å². The fourth-order valence-electron chi connectivity index (χ4n) is 2.30. The molecule has 2 amide bonds. The lowest BCUT2D eigenvalue weighted by Gasteiger charge is -2.26. The van der Waals surface area contributed by atoms with E-state index in [0.717, 1.165) is 21.4 Å². The van der Waals surface area contributed by atoms with Gasteiger partial charge in [-0.15, -0.1) is 11.8 Å². The third-order valence-corrected chi connectivity index (χ3v) is 4.79. The Morgan fingerprint density at radius 3 is 2.68 bits per heavy atom. The van der Waals surface area contributed by atoms with Crippen molar-refractivity contribution in [1.29, 1.82) is 0 Å². The molecule has 0 spiro atoms. The average Bonchev–Trinajstić information content (AvgIpc) is 2.65. The number of rotatable bonds is 6. The second-order valence-corrected chi connectivity index (χ2v) is 7.04. The van der Waals surface area contributed by atoms with E-state index in [1.807, 2.05) is 48.5 Å². The summed E-state index contributed by atoms with van der Waals surface area (Å²) in [6.45, 7) is 1.39. The summed E-state index contributed by atoms with van der Waals surface area (Å²) < 4.78 is 11.4. The highest BCUT2D eigenvalue weighted by Gasteiger charge is 2.20. The molecule has 0 saturated heterocycles. The molecule has 132 valence electrons. The maximum atomic E-state index is 11.8. The monoisotopic (exact) mass is 378 g/mol. The van der Waals surface area contributed by atoms with Crippen LogP contribution in [-0.2, 0) is 0 Å². The molecule has 1 unspecified atom stereocenters. The second kappa shape index (κ2) is 8.87. The molecule has 2 aromatic rings. The van der Waals surface area contributed by atoms with Crippen LogP contribution >= 0.6 is 23.4 Å². The van der Waals surface area contributed by atoms with Gasteiger partial charge in [0.1, 0.15) is 6.61 Å². The van der Waals surface area contributed by atoms with Gasteiger partial charge in [-0.2, -0.15) is 0 Å². The summed E-state index contributed by atoms with van der Waals surface area (Å²) >= 11 is 7.51. The Bertz CT molecular complexity index is 712. The van der Waals surface area contributed by atoms with Gasteiger partial charge in [0, 0.05) is 22.2 Å². The standard InChI is InChI=1S/C18H19ClN2O3S/c19-13-5-7-15(8-6-13)25-10-9-20-18(22)21-11-14-12-23-16-3-1-2-4-17(16)24-14/h1-8,14H,9-12H2,(H2,20,21,22). The van der Waals surface area contributed by atoms with Gasteiger partial charge >= 0.3 is 6.03 Å². The molecule has 0 aliphatic carbocycles. The minimum Gasteiger partial charge on any atom is -0.486 e. The molecule has 1 aliphatic heterocycles. The smallest absolute Gasteiger partial charge is 0.314 e. The molecule has 5 nitrogen and oxygen atoms in total. The predicted molar refractivity (Wildman–Crippen MR) is 99.9 cm³/mol. The number of amides is 2. The molecular formula is C18H19ClN2O3S. The number of benzene rings is 2. The third-order valence-electron chi connectivity index (χ3n) is 3.53. The number of carbonyl (C=O) groups excluding carboxylic acids is 1. The first kappa shape index (κ1) is 17.8. The molecule has 0 radical (unpaired) electrons. The zero-order chi connectivity index (χ0) is 17.5. The van der Waals surface area contributed by atoms with Crippen LogP contribution in [0.25, 0.3) is 0 Å². The molecule has 2 N–H and O–H groups in total. The number of urea groups is 1. The molecular weight excluding hydrogens is 360 g/mol. The minimum absolute atomic E-state index is 0.191. The van der Waals surface area contributed by atoms with Crippen molar-refractivity contribution < 1.29 is 14.3 Å². The summed E-state index contributed by atoms with van der Waals surface area (Å²) in [4.78, 5) is 13.0. The van der Waals surface area contributed by atoms with Crippen LogP contribution in [0.2, 0.25) is 5.02 Å². The van der Waals surface area contributed by atoms with E-state index in [1.54, 1.807) is 11.8 Å². The topological polar surface area (TPSA) is 59.6 Å². The summed E-state index contributed by atoms with van der Waals surface area (Å²) in [7, 11) is 0. The number of nitrogens with one attached hydrogen (secondary N) is 2. The maximum Gasteiger partial charge on any atom is 0.314 e. The fraction of sp³-hybridized carbons (Fsp3) is 0.278. The molecule has 1 atom stereocenters. The van der Waals surface area contributed by atoms with Crippen molar-refractivity contribution in [2.75, 3.05) is 25.4 Å². The van der Waals surface area contributed by atoms with Gasteiger partial charge in [0.15, 0.2) is 17.6 Å². The van der Waals surface area contributed by atoms with Gasteiger partial charge < -0.3 is 20.1 Å². The van der Waals surface area contributed by atoms with Gasteiger partial charge in [-0.3, -0.25) is 0 Å². The Balaban J connectivity index is 1.31. The summed E-state index contributed by atoms with van der Waals surface area (Å²) in [6.07, 6.45) is -0.191. The zero-order valence-electron chi connectivity index (χ0n) is 13.5. The van der Waals surface area contributed by atoms with Crippen molar-refractivity contribution in [3.8, 4) is 11.5 Å². The van der Waals surface area contributed by atoms with Crippen LogP contribution in [0.4, 0.5) is 4.79 Å². The SMILES string of the molecule is O=C(NCCSc1ccc(Cl)cc1)NCC1COc2ccccc2O1.